The van der Waals surface area contributed by atoms with Gasteiger partial charge in [-0.05, 0) is 31.2 Å². The Kier molecular flexibility index (Phi) is 4.24. The fraction of sp³-hybridized carbons (Fsp3) is 0.0556. The van der Waals surface area contributed by atoms with Gasteiger partial charge >= 0.3 is 0 Å². The molecule has 1 N–H and O–H groups in total. The molecule has 0 fully saturated rings. The van der Waals surface area contributed by atoms with E-state index in [0.717, 1.165) is 27.1 Å². The maximum Gasteiger partial charge on any atom is 0.296 e. The zero-order chi connectivity index (χ0) is 17.9. The lowest BCUT2D eigenvalue weighted by atomic mass is 10.2. The Morgan fingerprint density at radius 1 is 1.12 bits per heavy atom. The number of thiazole rings is 1. The van der Waals surface area contributed by atoms with Crippen LogP contribution in [-0.2, 0) is 0 Å². The minimum Gasteiger partial charge on any atom is -0.316 e. The van der Waals surface area contributed by atoms with Crippen LogP contribution in [0.1, 0.15) is 15.4 Å². The fourth-order valence-corrected chi connectivity index (χ4v) is 3.27. The van der Waals surface area contributed by atoms with Gasteiger partial charge in [0, 0.05) is 29.0 Å². The average Bonchev–Trinajstić information content (AvgIpc) is 3.29. The highest BCUT2D eigenvalue weighted by molar-refractivity contribution is 7.16. The third-order valence-electron chi connectivity index (χ3n) is 3.64. The number of nitrogens with one attached hydrogen (secondary N) is 1. The SMILES string of the molecule is Cc1sc(Nc2ccccn2)nc1-c1cnn(C(=O)c2ccccn2)c1. The van der Waals surface area contributed by atoms with Gasteiger partial charge in [0.1, 0.15) is 11.5 Å². The lowest BCUT2D eigenvalue weighted by Gasteiger charge is -1.99. The number of aryl methyl sites for hydroxylation is 1. The first-order valence-electron chi connectivity index (χ1n) is 7.87. The fourth-order valence-electron chi connectivity index (χ4n) is 2.43. The summed E-state index contributed by atoms with van der Waals surface area (Å²) < 4.78 is 1.28. The van der Waals surface area contributed by atoms with Crippen molar-refractivity contribution >= 4 is 28.2 Å². The van der Waals surface area contributed by atoms with Gasteiger partial charge in [-0.25, -0.2) is 14.6 Å². The van der Waals surface area contributed by atoms with Gasteiger partial charge in [0.15, 0.2) is 5.13 Å². The normalized spacial score (nSPS) is 10.7. The number of hydrogen-bond donors (Lipinski definition) is 1. The highest BCUT2D eigenvalue weighted by Gasteiger charge is 2.16. The first kappa shape index (κ1) is 16.1. The van der Waals surface area contributed by atoms with Crippen LogP contribution in [0.2, 0.25) is 0 Å². The molecule has 26 heavy (non-hydrogen) atoms. The van der Waals surface area contributed by atoms with E-state index in [1.54, 1.807) is 43.0 Å². The summed E-state index contributed by atoms with van der Waals surface area (Å²) >= 11 is 1.52. The minimum atomic E-state index is -0.281. The standard InChI is InChI=1S/C18H14N6OS/c1-12-16(23-18(26-12)22-15-7-3-5-9-20-15)13-10-21-24(11-13)17(25)14-6-2-4-8-19-14/h2-11H,1H3,(H,20,22,23). The molecule has 4 heterocycles. The van der Waals surface area contributed by atoms with Crippen molar-refractivity contribution in [1.82, 2.24) is 24.7 Å². The number of anilines is 2. The van der Waals surface area contributed by atoms with E-state index < -0.39 is 0 Å². The first-order chi connectivity index (χ1) is 12.7. The third kappa shape index (κ3) is 3.22. The molecule has 0 aliphatic rings. The number of aromatic nitrogens is 5. The van der Waals surface area contributed by atoms with Gasteiger partial charge < -0.3 is 5.32 Å². The predicted octanol–water partition coefficient (Wildman–Crippen LogP) is 3.54. The zero-order valence-electron chi connectivity index (χ0n) is 13.8. The Bertz CT molecular complexity index is 1040. The lowest BCUT2D eigenvalue weighted by Crippen LogP contribution is -2.13. The second-order valence-electron chi connectivity index (χ2n) is 5.46. The molecule has 128 valence electrons. The summed E-state index contributed by atoms with van der Waals surface area (Å²) in [5.41, 5.74) is 1.90. The molecule has 0 unspecified atom stereocenters. The summed E-state index contributed by atoms with van der Waals surface area (Å²) in [6, 6.07) is 10.8. The molecule has 0 spiro atoms. The van der Waals surface area contributed by atoms with Crippen LogP contribution in [0.25, 0.3) is 11.3 Å². The van der Waals surface area contributed by atoms with Crippen LogP contribution in [0.5, 0.6) is 0 Å². The summed E-state index contributed by atoms with van der Waals surface area (Å²) in [6.45, 7) is 1.98. The van der Waals surface area contributed by atoms with Crippen molar-refractivity contribution in [2.45, 2.75) is 6.92 Å². The number of pyridine rings is 2. The van der Waals surface area contributed by atoms with Gasteiger partial charge in [0.25, 0.3) is 5.91 Å². The molecule has 4 rings (SSSR count). The second-order valence-corrected chi connectivity index (χ2v) is 6.66. The molecule has 7 nitrogen and oxygen atoms in total. The third-order valence-corrected chi connectivity index (χ3v) is 4.53. The minimum absolute atomic E-state index is 0.281. The number of nitrogens with zero attached hydrogens (tertiary/aromatic N) is 5. The van der Waals surface area contributed by atoms with E-state index in [1.807, 2.05) is 25.1 Å². The number of hydrogen-bond acceptors (Lipinski definition) is 7. The molecule has 0 amide bonds. The molecule has 0 aliphatic heterocycles. The van der Waals surface area contributed by atoms with E-state index >= 15 is 0 Å². The van der Waals surface area contributed by atoms with E-state index in [9.17, 15) is 4.79 Å². The second kappa shape index (κ2) is 6.85. The van der Waals surface area contributed by atoms with Gasteiger partial charge in [-0.15, -0.1) is 11.3 Å². The maximum absolute atomic E-state index is 12.4. The molecule has 8 heteroatoms. The Morgan fingerprint density at radius 3 is 2.65 bits per heavy atom. The Labute approximate surface area is 153 Å². The monoisotopic (exact) mass is 362 g/mol. The highest BCUT2D eigenvalue weighted by atomic mass is 32.1. The molecule has 0 radical (unpaired) electrons. The predicted molar refractivity (Wildman–Crippen MR) is 99.6 cm³/mol. The van der Waals surface area contributed by atoms with Crippen molar-refractivity contribution in [2.75, 3.05) is 5.32 Å². The van der Waals surface area contributed by atoms with Crippen molar-refractivity contribution in [2.24, 2.45) is 0 Å². The number of rotatable bonds is 4. The lowest BCUT2D eigenvalue weighted by molar-refractivity contribution is 0.0940. The van der Waals surface area contributed by atoms with Crippen molar-refractivity contribution in [1.29, 1.82) is 0 Å². The van der Waals surface area contributed by atoms with Crippen molar-refractivity contribution < 1.29 is 4.79 Å². The van der Waals surface area contributed by atoms with Crippen LogP contribution < -0.4 is 5.32 Å². The van der Waals surface area contributed by atoms with Crippen LogP contribution in [-0.4, -0.2) is 30.6 Å². The van der Waals surface area contributed by atoms with E-state index in [2.05, 4.69) is 25.4 Å². The number of carbonyl (C=O) groups is 1. The van der Waals surface area contributed by atoms with Crippen LogP contribution >= 0.6 is 11.3 Å². The molecule has 0 atom stereocenters. The summed E-state index contributed by atoms with van der Waals surface area (Å²) in [7, 11) is 0. The molecule has 0 aromatic carbocycles. The van der Waals surface area contributed by atoms with Gasteiger partial charge in [0.2, 0.25) is 0 Å². The van der Waals surface area contributed by atoms with Gasteiger partial charge in [-0.3, -0.25) is 9.78 Å². The first-order valence-corrected chi connectivity index (χ1v) is 8.68. The number of carbonyl (C=O) groups excluding carboxylic acids is 1. The smallest absolute Gasteiger partial charge is 0.296 e. The van der Waals surface area contributed by atoms with Gasteiger partial charge in [-0.2, -0.15) is 5.10 Å². The van der Waals surface area contributed by atoms with E-state index in [0.29, 0.717) is 5.69 Å². The summed E-state index contributed by atoms with van der Waals surface area (Å²) in [5, 5.41) is 8.08. The molecule has 4 aromatic heterocycles. The Hall–Kier alpha value is -3.39. The van der Waals surface area contributed by atoms with E-state index in [1.165, 1.54) is 16.0 Å². The summed E-state index contributed by atoms with van der Waals surface area (Å²) in [4.78, 5) is 26.3. The van der Waals surface area contributed by atoms with Crippen molar-refractivity contribution in [3.8, 4) is 11.3 Å². The topological polar surface area (TPSA) is 85.6 Å². The average molecular weight is 362 g/mol. The van der Waals surface area contributed by atoms with Crippen molar-refractivity contribution in [3.05, 3.63) is 71.8 Å². The summed E-state index contributed by atoms with van der Waals surface area (Å²) in [6.07, 6.45) is 6.60. The maximum atomic E-state index is 12.4. The van der Waals surface area contributed by atoms with Crippen LogP contribution in [0.15, 0.2) is 61.2 Å². The van der Waals surface area contributed by atoms with Crippen LogP contribution in [0.3, 0.4) is 0 Å². The van der Waals surface area contributed by atoms with Crippen LogP contribution in [0, 0.1) is 6.92 Å². The molecular weight excluding hydrogens is 348 g/mol. The van der Waals surface area contributed by atoms with Gasteiger partial charge in [0.05, 0.1) is 11.9 Å². The largest absolute Gasteiger partial charge is 0.316 e. The molecule has 0 saturated heterocycles. The van der Waals surface area contributed by atoms with E-state index in [-0.39, 0.29) is 5.91 Å². The highest BCUT2D eigenvalue weighted by Crippen LogP contribution is 2.31. The van der Waals surface area contributed by atoms with Crippen LogP contribution in [0.4, 0.5) is 10.9 Å². The Balaban J connectivity index is 1.59. The molecule has 4 aromatic rings. The van der Waals surface area contributed by atoms with E-state index in [4.69, 9.17) is 0 Å². The zero-order valence-corrected chi connectivity index (χ0v) is 14.6. The molecule has 0 aliphatic carbocycles. The Morgan fingerprint density at radius 2 is 1.92 bits per heavy atom. The molecule has 0 saturated carbocycles. The molecule has 0 bridgehead atoms. The summed E-state index contributed by atoms with van der Waals surface area (Å²) in [5.74, 6) is 0.449. The van der Waals surface area contributed by atoms with Gasteiger partial charge in [-0.1, -0.05) is 12.1 Å². The molecular formula is C18H14N6OS. The van der Waals surface area contributed by atoms with Crippen molar-refractivity contribution in [3.63, 3.8) is 0 Å². The quantitative estimate of drug-likeness (QED) is 0.598.